The molecule has 142 valence electrons. The highest BCUT2D eigenvalue weighted by Crippen LogP contribution is 1.98. The second-order valence-corrected chi connectivity index (χ2v) is 5.04. The smallest absolute Gasteiger partial charge is 0.322 e. The topological polar surface area (TPSA) is 206 Å². The van der Waals surface area contributed by atoms with E-state index in [4.69, 9.17) is 38.5 Å². The van der Waals surface area contributed by atoms with Crippen LogP contribution < -0.4 is 28.7 Å². The highest BCUT2D eigenvalue weighted by Gasteiger charge is 2.13. The number of unbranched alkanes of at least 4 members (excludes halogenated alkanes) is 1. The van der Waals surface area contributed by atoms with E-state index < -0.39 is 18.1 Å². The van der Waals surface area contributed by atoms with Gasteiger partial charge >= 0.3 is 11.9 Å². The third-order valence-corrected chi connectivity index (χ3v) is 2.84. The maximum absolute atomic E-state index is 11.0. The lowest BCUT2D eigenvalue weighted by Crippen LogP contribution is -2.32. The summed E-state index contributed by atoms with van der Waals surface area (Å²) in [6.45, 7) is 3.17. The fourth-order valence-corrected chi connectivity index (χ4v) is 1.52. The fraction of sp³-hybridized carbons (Fsp3) is 0.786. The summed E-state index contributed by atoms with van der Waals surface area (Å²) in [6, 6.07) is -1.30. The van der Waals surface area contributed by atoms with Crippen LogP contribution in [0.25, 0.3) is 0 Å². The van der Waals surface area contributed by atoms with Crippen LogP contribution in [0.1, 0.15) is 39.0 Å². The highest BCUT2D eigenvalue weighted by atomic mass is 16.5. The van der Waals surface area contributed by atoms with E-state index in [1.807, 2.05) is 0 Å². The molecule has 0 amide bonds. The molecule has 0 aliphatic carbocycles. The van der Waals surface area contributed by atoms with Crippen LogP contribution >= 0.6 is 0 Å². The lowest BCUT2D eigenvalue weighted by Gasteiger charge is -2.08. The molecule has 0 saturated heterocycles. The van der Waals surface area contributed by atoms with Crippen LogP contribution in [0, 0.1) is 0 Å². The predicted octanol–water partition coefficient (Wildman–Crippen LogP) is -1.54. The molecule has 0 heterocycles. The van der Waals surface area contributed by atoms with Crippen LogP contribution in [-0.4, -0.2) is 54.8 Å². The molecule has 0 radical (unpaired) electrons. The van der Waals surface area contributed by atoms with Crippen LogP contribution in [0.4, 0.5) is 0 Å². The van der Waals surface area contributed by atoms with Gasteiger partial charge in [0.1, 0.15) is 12.1 Å². The number of hydrogen-bond acceptors (Lipinski definition) is 7. The zero-order valence-corrected chi connectivity index (χ0v) is 14.3. The van der Waals surface area contributed by atoms with Gasteiger partial charge in [-0.15, -0.1) is 0 Å². The monoisotopic (exact) mass is 348 g/mol. The maximum atomic E-state index is 11.0. The molecule has 10 nitrogen and oxygen atoms in total. The molecule has 10 heteroatoms. The summed E-state index contributed by atoms with van der Waals surface area (Å²) in [5, 5.41) is 8.33. The van der Waals surface area contributed by atoms with Crippen molar-refractivity contribution in [2.24, 2.45) is 33.7 Å². The number of hydrogen-bond donors (Lipinski definition) is 6. The molecule has 0 aliphatic heterocycles. The van der Waals surface area contributed by atoms with Gasteiger partial charge in [-0.3, -0.25) is 14.6 Å². The summed E-state index contributed by atoms with van der Waals surface area (Å²) in [5.41, 5.74) is 26.2. The highest BCUT2D eigenvalue weighted by molar-refractivity contribution is 5.76. The fourth-order valence-electron chi connectivity index (χ4n) is 1.52. The number of carbonyl (C=O) groups excluding carboxylic acids is 1. The largest absolute Gasteiger partial charge is 0.480 e. The van der Waals surface area contributed by atoms with Gasteiger partial charge in [0, 0.05) is 6.54 Å². The number of nitrogens with two attached hydrogens (primary N) is 5. The van der Waals surface area contributed by atoms with Crippen molar-refractivity contribution in [3.05, 3.63) is 0 Å². The molecule has 0 bridgehead atoms. The zero-order chi connectivity index (χ0) is 19.0. The first-order valence-electron chi connectivity index (χ1n) is 7.92. The van der Waals surface area contributed by atoms with Crippen molar-refractivity contribution < 1.29 is 19.4 Å². The second kappa shape index (κ2) is 16.0. The number of rotatable bonds is 11. The van der Waals surface area contributed by atoms with Gasteiger partial charge in [0.05, 0.1) is 6.61 Å². The van der Waals surface area contributed by atoms with E-state index in [0.717, 1.165) is 12.8 Å². The number of carboxylic acids is 1. The average molecular weight is 348 g/mol. The molecule has 2 atom stereocenters. The van der Waals surface area contributed by atoms with E-state index in [2.05, 4.69) is 4.99 Å². The molecule has 0 saturated carbocycles. The number of guanidine groups is 1. The molecule has 24 heavy (non-hydrogen) atoms. The van der Waals surface area contributed by atoms with E-state index in [9.17, 15) is 9.59 Å². The van der Waals surface area contributed by atoms with Crippen molar-refractivity contribution in [2.45, 2.75) is 51.1 Å². The van der Waals surface area contributed by atoms with E-state index in [0.29, 0.717) is 39.0 Å². The first kappa shape index (κ1) is 24.3. The van der Waals surface area contributed by atoms with E-state index >= 15 is 0 Å². The number of ether oxygens (including phenoxy) is 1. The predicted molar refractivity (Wildman–Crippen MR) is 93.0 cm³/mol. The molecule has 0 aliphatic rings. The number of aliphatic carboxylic acids is 1. The van der Waals surface area contributed by atoms with Gasteiger partial charge in [-0.1, -0.05) is 6.42 Å². The van der Waals surface area contributed by atoms with E-state index in [1.54, 1.807) is 6.92 Å². The Kier molecular flexibility index (Phi) is 16.2. The quantitative estimate of drug-likeness (QED) is 0.110. The number of carboxylic acid groups (broad SMARTS) is 1. The second-order valence-electron chi connectivity index (χ2n) is 5.04. The lowest BCUT2D eigenvalue weighted by molar-refractivity contribution is -0.144. The average Bonchev–Trinajstić information content (AvgIpc) is 2.52. The van der Waals surface area contributed by atoms with Gasteiger partial charge in [-0.05, 0) is 39.2 Å². The van der Waals surface area contributed by atoms with Crippen molar-refractivity contribution in [3.63, 3.8) is 0 Å². The number of carbonyl (C=O) groups is 2. The van der Waals surface area contributed by atoms with Crippen molar-refractivity contribution in [3.8, 4) is 0 Å². The van der Waals surface area contributed by atoms with Crippen LogP contribution in [0.3, 0.4) is 0 Å². The number of esters is 1. The Balaban J connectivity index is 0. The van der Waals surface area contributed by atoms with E-state index in [-0.39, 0.29) is 11.9 Å². The Hall–Kier alpha value is -1.91. The van der Waals surface area contributed by atoms with Crippen molar-refractivity contribution >= 4 is 17.9 Å². The summed E-state index contributed by atoms with van der Waals surface area (Å²) >= 11 is 0. The SMILES string of the molecule is CCOC(=O)C(N)CCCN=C(N)N.NCCCCC(N)C(=O)O. The first-order chi connectivity index (χ1) is 11.3. The van der Waals surface area contributed by atoms with Crippen LogP contribution in [-0.2, 0) is 14.3 Å². The van der Waals surface area contributed by atoms with Crippen LogP contribution in [0.2, 0.25) is 0 Å². The van der Waals surface area contributed by atoms with E-state index in [1.165, 1.54) is 0 Å². The Morgan fingerprint density at radius 1 is 1.08 bits per heavy atom. The van der Waals surface area contributed by atoms with Crippen molar-refractivity contribution in [1.82, 2.24) is 0 Å². The van der Waals surface area contributed by atoms with Crippen molar-refractivity contribution in [1.29, 1.82) is 0 Å². The first-order valence-corrected chi connectivity index (χ1v) is 7.92. The molecule has 0 rings (SSSR count). The molecular formula is C14H32N6O4. The molecule has 0 spiro atoms. The van der Waals surface area contributed by atoms with Gasteiger partial charge in [-0.2, -0.15) is 0 Å². The van der Waals surface area contributed by atoms with Gasteiger partial charge in [0.15, 0.2) is 5.96 Å². The van der Waals surface area contributed by atoms with Gasteiger partial charge in [-0.25, -0.2) is 0 Å². The van der Waals surface area contributed by atoms with Crippen LogP contribution in [0.5, 0.6) is 0 Å². The Bertz CT molecular complexity index is 374. The molecule has 0 aromatic heterocycles. The number of nitrogens with zero attached hydrogens (tertiary/aromatic N) is 1. The summed E-state index contributed by atoms with van der Waals surface area (Å²) in [4.78, 5) is 24.9. The summed E-state index contributed by atoms with van der Waals surface area (Å²) in [6.07, 6.45) is 3.35. The minimum atomic E-state index is -0.933. The van der Waals surface area contributed by atoms with Gasteiger partial charge < -0.3 is 38.5 Å². The Morgan fingerprint density at radius 3 is 2.12 bits per heavy atom. The summed E-state index contributed by atoms with van der Waals surface area (Å²) in [7, 11) is 0. The Morgan fingerprint density at radius 2 is 1.67 bits per heavy atom. The standard InChI is InChI=1S/C8H18N4O2.C6H14N2O2/c1-2-14-7(13)6(9)4-3-5-12-8(10)11;7-4-2-1-3-5(8)6(9)10/h6H,2-5,9H2,1H3,(H4,10,11,12);5H,1-4,7-8H2,(H,9,10). The molecule has 0 aromatic carbocycles. The maximum Gasteiger partial charge on any atom is 0.322 e. The molecule has 0 fully saturated rings. The zero-order valence-electron chi connectivity index (χ0n) is 14.3. The minimum absolute atomic E-state index is 0.0507. The summed E-state index contributed by atoms with van der Waals surface area (Å²) in [5.74, 6) is -1.26. The lowest BCUT2D eigenvalue weighted by atomic mass is 10.1. The van der Waals surface area contributed by atoms with Gasteiger partial charge in [0.25, 0.3) is 0 Å². The molecule has 11 N–H and O–H groups in total. The van der Waals surface area contributed by atoms with Crippen molar-refractivity contribution in [2.75, 3.05) is 19.7 Å². The normalized spacial score (nSPS) is 12.3. The third-order valence-electron chi connectivity index (χ3n) is 2.84. The minimum Gasteiger partial charge on any atom is -0.480 e. The van der Waals surface area contributed by atoms with Gasteiger partial charge in [0.2, 0.25) is 0 Å². The number of aliphatic imine (C=N–C) groups is 1. The molecule has 2 unspecified atom stereocenters. The third kappa shape index (κ3) is 16.5. The molecule has 0 aromatic rings. The van der Waals surface area contributed by atoms with Crippen LogP contribution in [0.15, 0.2) is 4.99 Å². The Labute approximate surface area is 142 Å². The summed E-state index contributed by atoms with van der Waals surface area (Å²) < 4.78 is 4.73. The molecular weight excluding hydrogens is 316 g/mol.